The number of amides is 2. The van der Waals surface area contributed by atoms with Crippen molar-refractivity contribution in [2.75, 3.05) is 39.5 Å². The number of ether oxygens (including phenoxy) is 2. The summed E-state index contributed by atoms with van der Waals surface area (Å²) in [5.74, 6) is 0.370. The molecule has 0 spiro atoms. The molecule has 1 aliphatic rings. The van der Waals surface area contributed by atoms with E-state index in [4.69, 9.17) is 9.47 Å². The highest BCUT2D eigenvalue weighted by Crippen LogP contribution is 2.37. The highest BCUT2D eigenvalue weighted by molar-refractivity contribution is 7.10. The summed E-state index contributed by atoms with van der Waals surface area (Å²) in [5.41, 5.74) is 2.27. The first kappa shape index (κ1) is 24.9. The van der Waals surface area contributed by atoms with E-state index in [1.165, 1.54) is 10.4 Å². The van der Waals surface area contributed by atoms with Gasteiger partial charge in [-0.1, -0.05) is 48.5 Å². The number of benzene rings is 2. The summed E-state index contributed by atoms with van der Waals surface area (Å²) in [6.07, 6.45) is 1.49. The Morgan fingerprint density at radius 1 is 1.06 bits per heavy atom. The summed E-state index contributed by atoms with van der Waals surface area (Å²) in [4.78, 5) is 31.6. The lowest BCUT2D eigenvalue weighted by molar-refractivity contribution is -0.143. The fourth-order valence-electron chi connectivity index (χ4n) is 4.38. The van der Waals surface area contributed by atoms with Gasteiger partial charge < -0.3 is 19.3 Å². The lowest BCUT2D eigenvalue weighted by Gasteiger charge is -2.37. The van der Waals surface area contributed by atoms with Crippen LogP contribution in [-0.4, -0.2) is 61.1 Å². The zero-order valence-electron chi connectivity index (χ0n) is 20.1. The van der Waals surface area contributed by atoms with Gasteiger partial charge >= 0.3 is 0 Å². The van der Waals surface area contributed by atoms with Crippen LogP contribution in [0.5, 0.6) is 5.75 Å². The Labute approximate surface area is 211 Å². The van der Waals surface area contributed by atoms with Gasteiger partial charge in [-0.05, 0) is 54.5 Å². The maximum atomic E-state index is 13.7. The van der Waals surface area contributed by atoms with Crippen molar-refractivity contribution in [2.45, 2.75) is 25.8 Å². The van der Waals surface area contributed by atoms with E-state index in [0.29, 0.717) is 38.5 Å². The second kappa shape index (κ2) is 12.5. The minimum absolute atomic E-state index is 0.0198. The SMILES string of the molecule is CCOCCCN(CC(=O)N1CCc2sccc2C1c1ccccc1)C(=O)COc1ccccc1. The molecule has 0 fully saturated rings. The Bertz CT molecular complexity index is 1090. The minimum Gasteiger partial charge on any atom is -0.484 e. The average molecular weight is 493 g/mol. The summed E-state index contributed by atoms with van der Waals surface area (Å²) >= 11 is 1.74. The monoisotopic (exact) mass is 492 g/mol. The molecule has 2 aromatic carbocycles. The smallest absolute Gasteiger partial charge is 0.260 e. The number of fused-ring (bicyclic) bond motifs is 1. The zero-order chi connectivity index (χ0) is 24.5. The van der Waals surface area contributed by atoms with Crippen molar-refractivity contribution in [3.05, 3.63) is 88.1 Å². The molecule has 2 heterocycles. The predicted molar refractivity (Wildman–Crippen MR) is 138 cm³/mol. The molecule has 1 atom stereocenters. The molecule has 184 valence electrons. The van der Waals surface area contributed by atoms with Crippen LogP contribution in [0.3, 0.4) is 0 Å². The number of para-hydroxylation sites is 1. The molecule has 3 aromatic rings. The Balaban J connectivity index is 1.48. The van der Waals surface area contributed by atoms with Crippen LogP contribution in [0, 0.1) is 0 Å². The number of carbonyl (C=O) groups excluding carboxylic acids is 2. The molecule has 1 aromatic heterocycles. The van der Waals surface area contributed by atoms with Crippen molar-refractivity contribution in [1.82, 2.24) is 9.80 Å². The first-order valence-corrected chi connectivity index (χ1v) is 13.0. The molecule has 6 nitrogen and oxygen atoms in total. The van der Waals surface area contributed by atoms with Crippen LogP contribution in [0.2, 0.25) is 0 Å². The second-order valence-electron chi connectivity index (χ2n) is 8.42. The Morgan fingerprint density at radius 3 is 2.54 bits per heavy atom. The number of carbonyl (C=O) groups is 2. The molecule has 1 aliphatic heterocycles. The van der Waals surface area contributed by atoms with Gasteiger partial charge in [0.1, 0.15) is 5.75 Å². The first-order valence-electron chi connectivity index (χ1n) is 12.1. The van der Waals surface area contributed by atoms with Crippen LogP contribution in [0.15, 0.2) is 72.1 Å². The van der Waals surface area contributed by atoms with E-state index in [-0.39, 0.29) is 31.0 Å². The highest BCUT2D eigenvalue weighted by atomic mass is 32.1. The fourth-order valence-corrected chi connectivity index (χ4v) is 5.28. The van der Waals surface area contributed by atoms with E-state index in [2.05, 4.69) is 23.6 Å². The van der Waals surface area contributed by atoms with Gasteiger partial charge in [0.05, 0.1) is 12.6 Å². The molecule has 0 aliphatic carbocycles. The third kappa shape index (κ3) is 6.50. The summed E-state index contributed by atoms with van der Waals surface area (Å²) in [7, 11) is 0. The Kier molecular flexibility index (Phi) is 8.92. The molecule has 4 rings (SSSR count). The molecule has 0 bridgehead atoms. The number of hydrogen-bond acceptors (Lipinski definition) is 5. The molecule has 0 radical (unpaired) electrons. The van der Waals surface area contributed by atoms with Crippen LogP contribution in [-0.2, 0) is 20.7 Å². The molecule has 0 saturated heterocycles. The van der Waals surface area contributed by atoms with Crippen LogP contribution in [0.1, 0.15) is 35.4 Å². The quantitative estimate of drug-likeness (QED) is 0.368. The van der Waals surface area contributed by atoms with E-state index >= 15 is 0 Å². The van der Waals surface area contributed by atoms with Crippen molar-refractivity contribution in [1.29, 1.82) is 0 Å². The molecule has 1 unspecified atom stereocenters. The molecule has 0 saturated carbocycles. The molecule has 35 heavy (non-hydrogen) atoms. The van der Waals surface area contributed by atoms with E-state index in [0.717, 1.165) is 12.0 Å². The third-order valence-electron chi connectivity index (χ3n) is 6.11. The summed E-state index contributed by atoms with van der Waals surface area (Å²) in [6.45, 7) is 4.10. The number of nitrogens with zero attached hydrogens (tertiary/aromatic N) is 2. The van der Waals surface area contributed by atoms with Gasteiger partial charge in [0.25, 0.3) is 5.91 Å². The predicted octanol–water partition coefficient (Wildman–Crippen LogP) is 4.56. The van der Waals surface area contributed by atoms with Crippen molar-refractivity contribution < 1.29 is 19.1 Å². The summed E-state index contributed by atoms with van der Waals surface area (Å²) in [6, 6.07) is 21.4. The summed E-state index contributed by atoms with van der Waals surface area (Å²) < 4.78 is 11.1. The zero-order valence-corrected chi connectivity index (χ0v) is 20.9. The van der Waals surface area contributed by atoms with E-state index < -0.39 is 0 Å². The number of thiophene rings is 1. The lowest BCUT2D eigenvalue weighted by Crippen LogP contribution is -2.48. The van der Waals surface area contributed by atoms with Gasteiger partial charge in [0.15, 0.2) is 6.61 Å². The van der Waals surface area contributed by atoms with E-state index in [1.807, 2.05) is 60.4 Å². The second-order valence-corrected chi connectivity index (χ2v) is 9.42. The number of hydrogen-bond donors (Lipinski definition) is 0. The number of rotatable bonds is 11. The van der Waals surface area contributed by atoms with Gasteiger partial charge in [0, 0.05) is 31.2 Å². The molecule has 7 heteroatoms. The standard InChI is InChI=1S/C28H32N2O4S/c1-2-33-18-9-16-29(27(32)21-34-23-12-7-4-8-13-23)20-26(31)30-17-14-25-24(15-19-35-25)28(30)22-10-5-3-6-11-22/h3-8,10-13,15,19,28H,2,9,14,16-18,20-21H2,1H3. The van der Waals surface area contributed by atoms with Gasteiger partial charge in [-0.15, -0.1) is 11.3 Å². The van der Waals surface area contributed by atoms with E-state index in [1.54, 1.807) is 16.2 Å². The Morgan fingerprint density at radius 2 is 1.80 bits per heavy atom. The fraction of sp³-hybridized carbons (Fsp3) is 0.357. The van der Waals surface area contributed by atoms with Gasteiger partial charge in [-0.3, -0.25) is 9.59 Å². The van der Waals surface area contributed by atoms with Crippen LogP contribution >= 0.6 is 11.3 Å². The van der Waals surface area contributed by atoms with Crippen LogP contribution in [0.25, 0.3) is 0 Å². The van der Waals surface area contributed by atoms with Crippen molar-refractivity contribution in [3.63, 3.8) is 0 Å². The molecule has 2 amide bonds. The molecular formula is C28H32N2O4S. The Hall–Kier alpha value is -3.16. The molecular weight excluding hydrogens is 460 g/mol. The van der Waals surface area contributed by atoms with Crippen molar-refractivity contribution >= 4 is 23.2 Å². The van der Waals surface area contributed by atoms with Crippen molar-refractivity contribution in [2.24, 2.45) is 0 Å². The largest absolute Gasteiger partial charge is 0.484 e. The first-order chi connectivity index (χ1) is 17.2. The average Bonchev–Trinajstić information content (AvgIpc) is 3.38. The van der Waals surface area contributed by atoms with Gasteiger partial charge in [-0.25, -0.2) is 0 Å². The topological polar surface area (TPSA) is 59.1 Å². The normalized spacial score (nSPS) is 14.9. The maximum absolute atomic E-state index is 13.7. The van der Waals surface area contributed by atoms with Gasteiger partial charge in [-0.2, -0.15) is 0 Å². The highest BCUT2D eigenvalue weighted by Gasteiger charge is 2.33. The maximum Gasteiger partial charge on any atom is 0.260 e. The van der Waals surface area contributed by atoms with Crippen molar-refractivity contribution in [3.8, 4) is 5.75 Å². The third-order valence-corrected chi connectivity index (χ3v) is 7.10. The van der Waals surface area contributed by atoms with E-state index in [9.17, 15) is 9.59 Å². The van der Waals surface area contributed by atoms with Crippen LogP contribution in [0.4, 0.5) is 0 Å². The van der Waals surface area contributed by atoms with Gasteiger partial charge in [0.2, 0.25) is 5.91 Å². The van der Waals surface area contributed by atoms with Crippen LogP contribution < -0.4 is 4.74 Å². The summed E-state index contributed by atoms with van der Waals surface area (Å²) in [5, 5.41) is 2.10. The minimum atomic E-state index is -0.205. The lowest BCUT2D eigenvalue weighted by atomic mass is 9.93. The molecule has 0 N–H and O–H groups in total.